The minimum Gasteiger partial charge on any atom is -0.497 e. The molecule has 0 N–H and O–H groups in total. The summed E-state index contributed by atoms with van der Waals surface area (Å²) in [5.74, 6) is 1.13. The molecule has 164 valence electrons. The topological polar surface area (TPSA) is 64.4 Å². The molecule has 31 heavy (non-hydrogen) atoms. The molecule has 0 saturated heterocycles. The van der Waals surface area contributed by atoms with E-state index in [1.807, 2.05) is 6.92 Å². The Bertz CT molecular complexity index is 1170. The van der Waals surface area contributed by atoms with Crippen molar-refractivity contribution in [2.45, 2.75) is 26.8 Å². The fourth-order valence-electron chi connectivity index (χ4n) is 3.32. The number of ether oxygens (including phenoxy) is 1. The van der Waals surface area contributed by atoms with Crippen molar-refractivity contribution in [2.75, 3.05) is 20.0 Å². The molecule has 1 unspecified atom stereocenters. The minimum atomic E-state index is -0.754. The zero-order valence-electron chi connectivity index (χ0n) is 18.1. The Morgan fingerprint density at radius 3 is 2.45 bits per heavy atom. The molecule has 0 bridgehead atoms. The molecule has 0 aliphatic heterocycles. The Hall–Kier alpha value is -2.57. The van der Waals surface area contributed by atoms with E-state index < -0.39 is 11.5 Å². The van der Waals surface area contributed by atoms with Gasteiger partial charge in [-0.3, -0.25) is 14.2 Å². The van der Waals surface area contributed by atoms with Gasteiger partial charge in [0, 0.05) is 18.0 Å². The summed E-state index contributed by atoms with van der Waals surface area (Å²) in [6.45, 7) is 5.41. The van der Waals surface area contributed by atoms with E-state index in [9.17, 15) is 9.59 Å². The van der Waals surface area contributed by atoms with Crippen molar-refractivity contribution < 1.29 is 9.53 Å². The van der Waals surface area contributed by atoms with E-state index in [-0.39, 0.29) is 17.3 Å². The molecule has 1 heterocycles. The molecule has 0 saturated carbocycles. The molecule has 0 aliphatic rings. The highest BCUT2D eigenvalue weighted by atomic mass is 35.5. The van der Waals surface area contributed by atoms with Gasteiger partial charge in [-0.25, -0.2) is 4.98 Å². The van der Waals surface area contributed by atoms with Crippen LogP contribution in [-0.2, 0) is 4.79 Å². The van der Waals surface area contributed by atoms with Gasteiger partial charge in [0.2, 0.25) is 5.91 Å². The van der Waals surface area contributed by atoms with Crippen LogP contribution < -0.4 is 10.3 Å². The number of carbonyl (C=O) groups is 1. The number of halogens is 2. The van der Waals surface area contributed by atoms with Crippen LogP contribution in [0.2, 0.25) is 5.02 Å². The van der Waals surface area contributed by atoms with Crippen LogP contribution in [-0.4, -0.2) is 40.4 Å². The van der Waals surface area contributed by atoms with E-state index >= 15 is 0 Å². The third-order valence-electron chi connectivity index (χ3n) is 5.38. The largest absolute Gasteiger partial charge is 0.497 e. The molecule has 0 fully saturated rings. The van der Waals surface area contributed by atoms with Crippen molar-refractivity contribution in [2.24, 2.45) is 5.41 Å². The van der Waals surface area contributed by atoms with Gasteiger partial charge in [-0.2, -0.15) is 0 Å². The van der Waals surface area contributed by atoms with Gasteiger partial charge in [0.05, 0.1) is 35.2 Å². The number of amides is 1. The van der Waals surface area contributed by atoms with E-state index in [0.717, 1.165) is 0 Å². The van der Waals surface area contributed by atoms with Crippen molar-refractivity contribution in [3.8, 4) is 11.4 Å². The lowest BCUT2D eigenvalue weighted by molar-refractivity contribution is -0.140. The van der Waals surface area contributed by atoms with Gasteiger partial charge >= 0.3 is 0 Å². The Balaban J connectivity index is 2.24. The number of benzene rings is 2. The fourth-order valence-corrected chi connectivity index (χ4v) is 3.60. The SMILES string of the molecule is COc1ccc(-n2c(C(C)N(C)C(=O)C(C)(C)CCl)nc3cc(Cl)ccc3c2=O)cc1. The number of rotatable bonds is 6. The van der Waals surface area contributed by atoms with Crippen LogP contribution in [0.3, 0.4) is 0 Å². The third kappa shape index (κ3) is 4.41. The second-order valence-corrected chi connectivity index (χ2v) is 8.78. The molecule has 1 amide bonds. The monoisotopic (exact) mass is 461 g/mol. The van der Waals surface area contributed by atoms with E-state index in [0.29, 0.717) is 33.2 Å². The maximum atomic E-state index is 13.5. The number of fused-ring (bicyclic) bond motifs is 1. The molecule has 2 aromatic carbocycles. The number of alkyl halides is 1. The molecule has 1 atom stereocenters. The molecule has 0 radical (unpaired) electrons. The van der Waals surface area contributed by atoms with Crippen LogP contribution in [0, 0.1) is 5.41 Å². The van der Waals surface area contributed by atoms with Crippen molar-refractivity contribution >= 4 is 40.0 Å². The summed E-state index contributed by atoms with van der Waals surface area (Å²) < 4.78 is 6.76. The summed E-state index contributed by atoms with van der Waals surface area (Å²) in [6, 6.07) is 11.6. The van der Waals surface area contributed by atoms with Crippen molar-refractivity contribution in [3.63, 3.8) is 0 Å². The lowest BCUT2D eigenvalue weighted by atomic mass is 9.94. The van der Waals surface area contributed by atoms with Crippen LogP contribution in [0.25, 0.3) is 16.6 Å². The lowest BCUT2D eigenvalue weighted by Crippen LogP contribution is -2.42. The molecule has 3 rings (SSSR count). The number of carbonyl (C=O) groups excluding carboxylic acids is 1. The van der Waals surface area contributed by atoms with Gasteiger partial charge < -0.3 is 9.64 Å². The second-order valence-electron chi connectivity index (χ2n) is 8.08. The predicted octanol–water partition coefficient (Wildman–Crippen LogP) is 4.83. The first-order chi connectivity index (χ1) is 14.6. The quantitative estimate of drug-likeness (QED) is 0.493. The Labute approximate surface area is 191 Å². The highest BCUT2D eigenvalue weighted by molar-refractivity contribution is 6.31. The van der Waals surface area contributed by atoms with Gasteiger partial charge in [-0.1, -0.05) is 11.6 Å². The van der Waals surface area contributed by atoms with Crippen LogP contribution in [0.1, 0.15) is 32.6 Å². The average Bonchev–Trinajstić information content (AvgIpc) is 2.77. The smallest absolute Gasteiger partial charge is 0.266 e. The summed E-state index contributed by atoms with van der Waals surface area (Å²) in [4.78, 5) is 32.8. The normalized spacial score (nSPS) is 12.6. The first kappa shape index (κ1) is 23.1. The Morgan fingerprint density at radius 2 is 1.87 bits per heavy atom. The van der Waals surface area contributed by atoms with Gasteiger partial charge in [-0.15, -0.1) is 11.6 Å². The van der Waals surface area contributed by atoms with Gasteiger partial charge in [-0.05, 0) is 63.2 Å². The van der Waals surface area contributed by atoms with Crippen LogP contribution in [0.5, 0.6) is 5.75 Å². The maximum Gasteiger partial charge on any atom is 0.266 e. The van der Waals surface area contributed by atoms with E-state index in [4.69, 9.17) is 32.9 Å². The molecule has 1 aromatic heterocycles. The summed E-state index contributed by atoms with van der Waals surface area (Å²) in [5, 5.41) is 0.916. The van der Waals surface area contributed by atoms with Crippen LogP contribution >= 0.6 is 23.2 Å². The van der Waals surface area contributed by atoms with Crippen molar-refractivity contribution in [3.05, 3.63) is 63.7 Å². The molecule has 3 aromatic rings. The van der Waals surface area contributed by atoms with Crippen LogP contribution in [0.15, 0.2) is 47.3 Å². The van der Waals surface area contributed by atoms with Crippen molar-refractivity contribution in [1.82, 2.24) is 14.5 Å². The molecule has 0 spiro atoms. The fraction of sp³-hybridized carbons (Fsp3) is 0.348. The Morgan fingerprint density at radius 1 is 1.23 bits per heavy atom. The average molecular weight is 462 g/mol. The number of aromatic nitrogens is 2. The highest BCUT2D eigenvalue weighted by Gasteiger charge is 2.33. The molecule has 0 aliphatic carbocycles. The second kappa shape index (κ2) is 8.89. The van der Waals surface area contributed by atoms with Gasteiger partial charge in [0.1, 0.15) is 11.6 Å². The standard InChI is InChI=1S/C23H25Cl2N3O3/c1-14(27(4)22(30)23(2,3)13-24)20-26-19-12-15(25)6-11-18(19)21(29)28(20)16-7-9-17(31-5)10-8-16/h6-12,14H,13H2,1-5H3. The number of methoxy groups -OCH3 is 1. The Kier molecular flexibility index (Phi) is 6.62. The molecule has 6 nitrogen and oxygen atoms in total. The van der Waals surface area contributed by atoms with E-state index in [2.05, 4.69) is 0 Å². The first-order valence-electron chi connectivity index (χ1n) is 9.80. The van der Waals surface area contributed by atoms with Crippen molar-refractivity contribution in [1.29, 1.82) is 0 Å². The summed E-state index contributed by atoms with van der Waals surface area (Å²) in [7, 11) is 3.27. The first-order valence-corrected chi connectivity index (χ1v) is 10.7. The zero-order chi connectivity index (χ0) is 22.9. The molecular weight excluding hydrogens is 437 g/mol. The van der Waals surface area contributed by atoms with E-state index in [1.165, 1.54) is 4.57 Å². The number of hydrogen-bond acceptors (Lipinski definition) is 4. The zero-order valence-corrected chi connectivity index (χ0v) is 19.7. The minimum absolute atomic E-state index is 0.142. The number of nitrogens with zero attached hydrogens (tertiary/aromatic N) is 3. The van der Waals surface area contributed by atoms with E-state index in [1.54, 1.807) is 75.4 Å². The van der Waals surface area contributed by atoms with Gasteiger partial charge in [0.15, 0.2) is 0 Å². The highest BCUT2D eigenvalue weighted by Crippen LogP contribution is 2.28. The third-order valence-corrected chi connectivity index (χ3v) is 6.28. The molecular formula is C23H25Cl2N3O3. The van der Waals surface area contributed by atoms with Crippen LogP contribution in [0.4, 0.5) is 0 Å². The maximum absolute atomic E-state index is 13.5. The number of hydrogen-bond donors (Lipinski definition) is 0. The predicted molar refractivity (Wildman–Crippen MR) is 125 cm³/mol. The van der Waals surface area contributed by atoms with Gasteiger partial charge in [0.25, 0.3) is 5.56 Å². The lowest BCUT2D eigenvalue weighted by Gasteiger charge is -2.32. The summed E-state index contributed by atoms with van der Waals surface area (Å²) in [5.41, 5.74) is 0.0952. The summed E-state index contributed by atoms with van der Waals surface area (Å²) >= 11 is 12.2. The summed E-state index contributed by atoms with van der Waals surface area (Å²) in [6.07, 6.45) is 0. The molecule has 8 heteroatoms.